The van der Waals surface area contributed by atoms with E-state index in [1.54, 1.807) is 0 Å². The summed E-state index contributed by atoms with van der Waals surface area (Å²) in [5.41, 5.74) is 1.000. The van der Waals surface area contributed by atoms with Crippen molar-refractivity contribution in [1.29, 1.82) is 0 Å². The first-order valence-corrected chi connectivity index (χ1v) is 10.2. The zero-order valence-corrected chi connectivity index (χ0v) is 15.6. The summed E-state index contributed by atoms with van der Waals surface area (Å²) in [5, 5.41) is 11.9. The standard InChI is InChI=1S/C20H34N4O/c1-15-11-12-19(23-24-22-15)21-20(25)17-10-8-6-4-2-3-5-7-9-16-13-18(16)14-17/h11-12,16-18,22-24H,2-10,13-14H2,1H3,(H,21,25). The van der Waals surface area contributed by atoms with Crippen LogP contribution in [0, 0.1) is 24.7 Å². The maximum absolute atomic E-state index is 12.8. The molecule has 4 N–H and O–H groups in total. The maximum Gasteiger partial charge on any atom is 0.228 e. The average molecular weight is 347 g/mol. The average Bonchev–Trinajstić information content (AvgIpc) is 3.36. The molecular formula is C20H34N4O. The van der Waals surface area contributed by atoms with Gasteiger partial charge in [-0.05, 0) is 50.2 Å². The van der Waals surface area contributed by atoms with Crippen molar-refractivity contribution >= 4 is 11.7 Å². The van der Waals surface area contributed by atoms with Gasteiger partial charge in [0.15, 0.2) is 0 Å². The molecule has 3 atom stereocenters. The normalized spacial score (nSPS) is 27.8. The summed E-state index contributed by atoms with van der Waals surface area (Å²) in [6.07, 6.45) is 14.2. The van der Waals surface area contributed by atoms with Gasteiger partial charge in [0.2, 0.25) is 5.91 Å². The summed E-state index contributed by atoms with van der Waals surface area (Å²) < 4.78 is 0. The van der Waals surface area contributed by atoms with E-state index in [-0.39, 0.29) is 11.8 Å². The van der Waals surface area contributed by atoms with Crippen LogP contribution in [0.15, 0.2) is 12.1 Å². The Balaban J connectivity index is 1.60. The van der Waals surface area contributed by atoms with Crippen LogP contribution in [0.2, 0.25) is 0 Å². The highest BCUT2D eigenvalue weighted by molar-refractivity contribution is 5.91. The van der Waals surface area contributed by atoms with E-state index in [1.807, 2.05) is 19.1 Å². The Morgan fingerprint density at radius 2 is 1.64 bits per heavy atom. The smallest absolute Gasteiger partial charge is 0.228 e. The zero-order valence-electron chi connectivity index (χ0n) is 15.6. The van der Waals surface area contributed by atoms with Crippen molar-refractivity contribution in [3.05, 3.63) is 17.8 Å². The lowest BCUT2D eigenvalue weighted by Gasteiger charge is -2.16. The molecule has 25 heavy (non-hydrogen) atoms. The molecule has 0 aliphatic heterocycles. The van der Waals surface area contributed by atoms with Crippen LogP contribution in [0.1, 0.15) is 76.3 Å². The van der Waals surface area contributed by atoms with Crippen LogP contribution in [0.5, 0.6) is 0 Å². The topological polar surface area (TPSA) is 76.5 Å². The van der Waals surface area contributed by atoms with Gasteiger partial charge in [-0.3, -0.25) is 15.0 Å². The largest absolute Gasteiger partial charge is 0.311 e. The summed E-state index contributed by atoms with van der Waals surface area (Å²) in [6.45, 7) is 1.97. The van der Waals surface area contributed by atoms with E-state index in [0.717, 1.165) is 30.4 Å². The van der Waals surface area contributed by atoms with Gasteiger partial charge in [0, 0.05) is 11.6 Å². The minimum absolute atomic E-state index is 0.153. The van der Waals surface area contributed by atoms with Crippen LogP contribution in [0.3, 0.4) is 0 Å². The van der Waals surface area contributed by atoms with Crippen molar-refractivity contribution in [1.82, 2.24) is 15.4 Å². The number of amides is 1. The molecule has 5 nitrogen and oxygen atoms in total. The van der Waals surface area contributed by atoms with Gasteiger partial charge in [-0.2, -0.15) is 0 Å². The molecule has 5 heteroatoms. The van der Waals surface area contributed by atoms with Gasteiger partial charge in [-0.25, -0.2) is 5.21 Å². The van der Waals surface area contributed by atoms with Gasteiger partial charge in [0.1, 0.15) is 5.82 Å². The summed E-state index contributed by atoms with van der Waals surface area (Å²) in [4.78, 5) is 12.8. The number of carbonyl (C=O) groups excluding carboxylic acids is 1. The Labute approximate surface area is 151 Å². The molecule has 2 fully saturated rings. The number of anilines is 1. The summed E-state index contributed by atoms with van der Waals surface area (Å²) >= 11 is 0. The van der Waals surface area contributed by atoms with E-state index in [4.69, 9.17) is 0 Å². The van der Waals surface area contributed by atoms with Crippen LogP contribution in [-0.2, 0) is 4.79 Å². The number of aryl methyl sites for hydroxylation is 1. The van der Waals surface area contributed by atoms with E-state index in [0.29, 0.717) is 5.82 Å². The second kappa shape index (κ2) is 9.16. The highest BCUT2D eigenvalue weighted by Crippen LogP contribution is 2.47. The van der Waals surface area contributed by atoms with E-state index in [1.165, 1.54) is 57.8 Å². The molecular weight excluding hydrogens is 312 g/mol. The van der Waals surface area contributed by atoms with Crippen LogP contribution in [-0.4, -0.2) is 21.3 Å². The van der Waals surface area contributed by atoms with E-state index >= 15 is 0 Å². The minimum atomic E-state index is 0.153. The zero-order chi connectivity index (χ0) is 17.5. The molecule has 0 radical (unpaired) electrons. The Bertz CT molecular complexity index is 583. The van der Waals surface area contributed by atoms with Crippen molar-refractivity contribution in [2.75, 3.05) is 5.32 Å². The fourth-order valence-corrected chi connectivity index (χ4v) is 4.15. The van der Waals surface area contributed by atoms with Gasteiger partial charge in [0.05, 0.1) is 0 Å². The van der Waals surface area contributed by atoms with Crippen LogP contribution < -0.4 is 5.32 Å². The monoisotopic (exact) mass is 346 g/mol. The van der Waals surface area contributed by atoms with Crippen molar-refractivity contribution in [2.45, 2.75) is 77.6 Å². The SMILES string of the molecule is Cc1ccc(NC(=O)C2CCCCCCCCCC3CC3C2)[nH][nH][nH]1. The van der Waals surface area contributed by atoms with Gasteiger partial charge in [-0.1, -0.05) is 51.4 Å². The number of H-pyrrole nitrogens is 3. The van der Waals surface area contributed by atoms with E-state index in [9.17, 15) is 4.79 Å². The number of nitrogens with one attached hydrogen (secondary N) is 4. The summed E-state index contributed by atoms with van der Waals surface area (Å²) in [5.74, 6) is 2.72. The number of aromatic amines is 3. The molecule has 140 valence electrons. The fourth-order valence-electron chi connectivity index (χ4n) is 4.15. The second-order valence-electron chi connectivity index (χ2n) is 8.03. The minimum Gasteiger partial charge on any atom is -0.311 e. The molecule has 0 spiro atoms. The Morgan fingerprint density at radius 1 is 0.920 bits per heavy atom. The number of carbonyl (C=O) groups is 1. The summed E-state index contributed by atoms with van der Waals surface area (Å²) in [6, 6.07) is 3.85. The predicted octanol–water partition coefficient (Wildman–Crippen LogP) is 5.21. The molecule has 2 aliphatic carbocycles. The molecule has 3 rings (SSSR count). The maximum atomic E-state index is 12.8. The molecule has 3 unspecified atom stereocenters. The number of aromatic nitrogens is 3. The lowest BCUT2D eigenvalue weighted by atomic mass is 9.93. The molecule has 2 saturated carbocycles. The van der Waals surface area contributed by atoms with Crippen LogP contribution in [0.4, 0.5) is 5.82 Å². The fraction of sp³-hybridized carbons (Fsp3) is 0.750. The predicted molar refractivity (Wildman–Crippen MR) is 102 cm³/mol. The molecule has 1 aromatic rings. The number of hydrogen-bond donors (Lipinski definition) is 4. The third kappa shape index (κ3) is 5.98. The second-order valence-corrected chi connectivity index (χ2v) is 8.03. The lowest BCUT2D eigenvalue weighted by Crippen LogP contribution is -2.24. The number of rotatable bonds is 2. The molecule has 0 aromatic carbocycles. The Kier molecular flexibility index (Phi) is 6.65. The van der Waals surface area contributed by atoms with Gasteiger partial charge < -0.3 is 5.32 Å². The van der Waals surface area contributed by atoms with Crippen LogP contribution >= 0.6 is 0 Å². The van der Waals surface area contributed by atoms with Crippen molar-refractivity contribution < 1.29 is 4.79 Å². The molecule has 1 heterocycles. The third-order valence-electron chi connectivity index (χ3n) is 5.87. The molecule has 1 aromatic heterocycles. The highest BCUT2D eigenvalue weighted by Gasteiger charge is 2.39. The van der Waals surface area contributed by atoms with E-state index in [2.05, 4.69) is 20.7 Å². The van der Waals surface area contributed by atoms with Crippen molar-refractivity contribution in [2.24, 2.45) is 17.8 Å². The van der Waals surface area contributed by atoms with Crippen molar-refractivity contribution in [3.63, 3.8) is 0 Å². The third-order valence-corrected chi connectivity index (χ3v) is 5.87. The molecule has 0 saturated heterocycles. The Morgan fingerprint density at radius 3 is 2.44 bits per heavy atom. The summed E-state index contributed by atoms with van der Waals surface area (Å²) in [7, 11) is 0. The Hall–Kier alpha value is -1.65. The highest BCUT2D eigenvalue weighted by atomic mass is 16.1. The van der Waals surface area contributed by atoms with E-state index < -0.39 is 0 Å². The van der Waals surface area contributed by atoms with Gasteiger partial charge >= 0.3 is 0 Å². The van der Waals surface area contributed by atoms with Crippen molar-refractivity contribution in [3.8, 4) is 0 Å². The van der Waals surface area contributed by atoms with Crippen LogP contribution in [0.25, 0.3) is 0 Å². The van der Waals surface area contributed by atoms with Gasteiger partial charge in [0.25, 0.3) is 0 Å². The number of hydrogen-bond acceptors (Lipinski definition) is 1. The molecule has 2 aliphatic rings. The first-order valence-electron chi connectivity index (χ1n) is 10.2. The quantitative estimate of drug-likeness (QED) is 0.583. The number of fused-ring (bicyclic) bond motifs is 1. The first kappa shape index (κ1) is 18.2. The molecule has 0 bridgehead atoms. The van der Waals surface area contributed by atoms with Gasteiger partial charge in [-0.15, -0.1) is 0 Å². The molecule has 1 amide bonds. The lowest BCUT2D eigenvalue weighted by molar-refractivity contribution is -0.120. The first-order chi connectivity index (χ1) is 12.2.